The minimum atomic E-state index is -0.397. The lowest BCUT2D eigenvalue weighted by Gasteiger charge is -2.04. The van der Waals surface area contributed by atoms with Gasteiger partial charge in [-0.1, -0.05) is 0 Å². The van der Waals surface area contributed by atoms with Gasteiger partial charge in [-0.2, -0.15) is 0 Å². The Kier molecular flexibility index (Phi) is 2.82. The third-order valence-corrected chi connectivity index (χ3v) is 1.42. The number of nitrogens with one attached hydrogen (secondary N) is 2. The molecule has 0 fully saturated rings. The van der Waals surface area contributed by atoms with Crippen molar-refractivity contribution in [3.05, 3.63) is 22.2 Å². The van der Waals surface area contributed by atoms with Crippen LogP contribution in [0.25, 0.3) is 0 Å². The standard InChI is InChI=1S/C7H11N3O2/c1-8-3-5-4-9-7(11)10-6(5)12-2/h4,8H,3H2,1-2H3,(H,9,10,11). The summed E-state index contributed by atoms with van der Waals surface area (Å²) in [4.78, 5) is 16.8. The van der Waals surface area contributed by atoms with E-state index in [-0.39, 0.29) is 0 Å². The van der Waals surface area contributed by atoms with Crippen molar-refractivity contribution in [2.45, 2.75) is 6.54 Å². The van der Waals surface area contributed by atoms with Crippen LogP contribution in [0.1, 0.15) is 5.56 Å². The predicted molar refractivity (Wildman–Crippen MR) is 44.2 cm³/mol. The van der Waals surface area contributed by atoms with Gasteiger partial charge >= 0.3 is 5.69 Å². The summed E-state index contributed by atoms with van der Waals surface area (Å²) in [5.74, 6) is 0.462. The molecule has 0 radical (unpaired) electrons. The fraction of sp³-hybridized carbons (Fsp3) is 0.429. The van der Waals surface area contributed by atoms with Gasteiger partial charge in [0.05, 0.1) is 7.11 Å². The topological polar surface area (TPSA) is 67.0 Å². The van der Waals surface area contributed by atoms with E-state index in [4.69, 9.17) is 4.74 Å². The maximum absolute atomic E-state index is 10.7. The molecule has 1 aromatic heterocycles. The number of hydrogen-bond acceptors (Lipinski definition) is 4. The van der Waals surface area contributed by atoms with Crippen molar-refractivity contribution in [1.29, 1.82) is 0 Å². The van der Waals surface area contributed by atoms with Crippen LogP contribution >= 0.6 is 0 Å². The molecule has 0 amide bonds. The van der Waals surface area contributed by atoms with Crippen molar-refractivity contribution in [2.24, 2.45) is 0 Å². The normalized spacial score (nSPS) is 9.83. The molecule has 66 valence electrons. The molecule has 0 saturated carbocycles. The number of aromatic nitrogens is 2. The second-order valence-electron chi connectivity index (χ2n) is 2.28. The van der Waals surface area contributed by atoms with Gasteiger partial charge in [0.25, 0.3) is 0 Å². The van der Waals surface area contributed by atoms with Crippen LogP contribution in [-0.4, -0.2) is 24.1 Å². The van der Waals surface area contributed by atoms with Gasteiger partial charge in [-0.3, -0.25) is 4.98 Å². The lowest BCUT2D eigenvalue weighted by atomic mass is 10.3. The van der Waals surface area contributed by atoms with E-state index in [0.29, 0.717) is 12.4 Å². The Balaban J connectivity index is 3.02. The number of nitrogens with zero attached hydrogens (tertiary/aromatic N) is 1. The van der Waals surface area contributed by atoms with Crippen LogP contribution < -0.4 is 15.7 Å². The Bertz CT molecular complexity index is 308. The van der Waals surface area contributed by atoms with Crippen molar-refractivity contribution in [3.8, 4) is 5.88 Å². The van der Waals surface area contributed by atoms with E-state index in [1.54, 1.807) is 0 Å². The van der Waals surface area contributed by atoms with Gasteiger partial charge in [0.2, 0.25) is 5.88 Å². The summed E-state index contributed by atoms with van der Waals surface area (Å²) in [6, 6.07) is 0. The van der Waals surface area contributed by atoms with Crippen LogP contribution in [0.3, 0.4) is 0 Å². The van der Waals surface area contributed by atoms with E-state index in [1.807, 2.05) is 7.05 Å². The number of H-pyrrole nitrogens is 1. The highest BCUT2D eigenvalue weighted by Gasteiger charge is 2.02. The van der Waals surface area contributed by atoms with E-state index in [1.165, 1.54) is 13.3 Å². The second kappa shape index (κ2) is 3.87. The zero-order valence-electron chi connectivity index (χ0n) is 7.05. The summed E-state index contributed by atoms with van der Waals surface area (Å²) < 4.78 is 4.94. The van der Waals surface area contributed by atoms with Gasteiger partial charge in [-0.25, -0.2) is 9.78 Å². The summed E-state index contributed by atoms with van der Waals surface area (Å²) in [6.45, 7) is 0.618. The van der Waals surface area contributed by atoms with Crippen LogP contribution in [0.5, 0.6) is 5.88 Å². The van der Waals surface area contributed by atoms with Gasteiger partial charge in [-0.15, -0.1) is 0 Å². The van der Waals surface area contributed by atoms with Crippen molar-refractivity contribution >= 4 is 0 Å². The fourth-order valence-electron chi connectivity index (χ4n) is 0.903. The van der Waals surface area contributed by atoms with Crippen LogP contribution in [0.4, 0.5) is 0 Å². The Morgan fingerprint density at radius 2 is 2.50 bits per heavy atom. The first-order valence-corrected chi connectivity index (χ1v) is 3.54. The molecule has 5 heteroatoms. The molecule has 1 rings (SSSR count). The van der Waals surface area contributed by atoms with Gasteiger partial charge < -0.3 is 10.1 Å². The molecule has 0 aliphatic rings. The van der Waals surface area contributed by atoms with Crippen molar-refractivity contribution in [2.75, 3.05) is 14.2 Å². The zero-order chi connectivity index (χ0) is 8.97. The number of aromatic amines is 1. The largest absolute Gasteiger partial charge is 0.482 e. The molecule has 0 spiro atoms. The number of ether oxygens (including phenoxy) is 1. The maximum Gasteiger partial charge on any atom is 0.347 e. The number of rotatable bonds is 3. The van der Waals surface area contributed by atoms with Crippen LogP contribution in [0.15, 0.2) is 11.0 Å². The molecule has 0 bridgehead atoms. The third kappa shape index (κ3) is 1.82. The molecule has 0 unspecified atom stereocenters. The molecule has 0 saturated heterocycles. The first-order chi connectivity index (χ1) is 5.77. The highest BCUT2D eigenvalue weighted by molar-refractivity contribution is 5.21. The van der Waals surface area contributed by atoms with Crippen LogP contribution in [-0.2, 0) is 6.54 Å². The summed E-state index contributed by atoms with van der Waals surface area (Å²) >= 11 is 0. The van der Waals surface area contributed by atoms with E-state index in [9.17, 15) is 4.79 Å². The number of methoxy groups -OCH3 is 1. The van der Waals surface area contributed by atoms with Crippen molar-refractivity contribution in [1.82, 2.24) is 15.3 Å². The lowest BCUT2D eigenvalue weighted by molar-refractivity contribution is 0.388. The smallest absolute Gasteiger partial charge is 0.347 e. The highest BCUT2D eigenvalue weighted by Crippen LogP contribution is 2.09. The molecule has 5 nitrogen and oxygen atoms in total. The molecule has 12 heavy (non-hydrogen) atoms. The quantitative estimate of drug-likeness (QED) is 0.640. The Morgan fingerprint density at radius 1 is 1.75 bits per heavy atom. The van der Waals surface area contributed by atoms with E-state index in [2.05, 4.69) is 15.3 Å². The molecular formula is C7H11N3O2. The van der Waals surface area contributed by atoms with Gasteiger partial charge in [0.1, 0.15) is 0 Å². The van der Waals surface area contributed by atoms with Gasteiger partial charge in [0.15, 0.2) is 0 Å². The van der Waals surface area contributed by atoms with Crippen LogP contribution in [0.2, 0.25) is 0 Å². The van der Waals surface area contributed by atoms with Crippen LogP contribution in [0, 0.1) is 0 Å². The summed E-state index contributed by atoms with van der Waals surface area (Å²) in [6.07, 6.45) is 1.49. The third-order valence-electron chi connectivity index (χ3n) is 1.42. The molecule has 2 N–H and O–H groups in total. The van der Waals surface area contributed by atoms with Gasteiger partial charge in [-0.05, 0) is 7.05 Å². The second-order valence-corrected chi connectivity index (χ2v) is 2.28. The van der Waals surface area contributed by atoms with Crippen molar-refractivity contribution in [3.63, 3.8) is 0 Å². The Hall–Kier alpha value is -1.36. The SMILES string of the molecule is CNCc1cnc(=O)[nH]c1OC. The minimum absolute atomic E-state index is 0.397. The molecule has 1 aromatic rings. The van der Waals surface area contributed by atoms with E-state index < -0.39 is 5.69 Å². The fourth-order valence-corrected chi connectivity index (χ4v) is 0.903. The molecule has 0 aliphatic heterocycles. The number of hydrogen-bond donors (Lipinski definition) is 2. The first-order valence-electron chi connectivity index (χ1n) is 3.54. The Labute approximate surface area is 69.8 Å². The average molecular weight is 169 g/mol. The average Bonchev–Trinajstić information content (AvgIpc) is 2.08. The summed E-state index contributed by atoms with van der Waals surface area (Å²) in [5, 5.41) is 2.94. The monoisotopic (exact) mass is 169 g/mol. The predicted octanol–water partition coefficient (Wildman–Crippen LogP) is -0.502. The molecule has 1 heterocycles. The van der Waals surface area contributed by atoms with Gasteiger partial charge in [0, 0.05) is 18.3 Å². The van der Waals surface area contributed by atoms with E-state index >= 15 is 0 Å². The molecular weight excluding hydrogens is 158 g/mol. The molecule has 0 aliphatic carbocycles. The Morgan fingerprint density at radius 3 is 3.08 bits per heavy atom. The molecule has 0 aromatic carbocycles. The summed E-state index contributed by atoms with van der Waals surface area (Å²) in [5.41, 5.74) is 0.436. The minimum Gasteiger partial charge on any atom is -0.482 e. The van der Waals surface area contributed by atoms with Crippen molar-refractivity contribution < 1.29 is 4.74 Å². The summed E-state index contributed by atoms with van der Waals surface area (Å²) in [7, 11) is 3.31. The first kappa shape index (κ1) is 8.73. The van der Waals surface area contributed by atoms with E-state index in [0.717, 1.165) is 5.56 Å². The lowest BCUT2D eigenvalue weighted by Crippen LogP contribution is -2.15. The zero-order valence-corrected chi connectivity index (χ0v) is 7.05. The highest BCUT2D eigenvalue weighted by atomic mass is 16.5. The maximum atomic E-state index is 10.7. The molecule has 0 atom stereocenters.